The fraction of sp³-hybridized carbons (Fsp3) is 0.300. The van der Waals surface area contributed by atoms with Crippen LogP contribution < -0.4 is 15.4 Å². The van der Waals surface area contributed by atoms with Crippen molar-refractivity contribution in [3.8, 4) is 5.75 Å². The highest BCUT2D eigenvalue weighted by Crippen LogP contribution is 2.38. The molecule has 1 aliphatic rings. The van der Waals surface area contributed by atoms with E-state index in [1.807, 2.05) is 25.1 Å². The summed E-state index contributed by atoms with van der Waals surface area (Å²) in [6.07, 6.45) is 0.836. The van der Waals surface area contributed by atoms with E-state index >= 15 is 0 Å². The molecular formula is C20H21FN2O3. The number of carbonyl (C=O) groups is 2. The Morgan fingerprint density at radius 3 is 2.65 bits per heavy atom. The average Bonchev–Trinajstić information content (AvgIpc) is 3.38. The molecule has 3 rings (SSSR count). The number of methoxy groups -OCH3 is 1. The summed E-state index contributed by atoms with van der Waals surface area (Å²) in [6.45, 7) is 2.22. The fourth-order valence-corrected chi connectivity index (χ4v) is 2.85. The van der Waals surface area contributed by atoms with Gasteiger partial charge in [0.05, 0.1) is 18.4 Å². The molecule has 0 radical (unpaired) electrons. The van der Waals surface area contributed by atoms with Gasteiger partial charge in [0.25, 0.3) is 5.91 Å². The Kier molecular flexibility index (Phi) is 5.21. The molecule has 0 bridgehead atoms. The molecule has 2 amide bonds. The van der Waals surface area contributed by atoms with Gasteiger partial charge in [0.2, 0.25) is 5.91 Å². The molecule has 0 aromatic heterocycles. The molecule has 0 aliphatic heterocycles. The van der Waals surface area contributed by atoms with Crippen LogP contribution in [0.15, 0.2) is 42.5 Å². The first-order chi connectivity index (χ1) is 12.5. The van der Waals surface area contributed by atoms with Crippen molar-refractivity contribution in [1.82, 2.24) is 5.32 Å². The van der Waals surface area contributed by atoms with E-state index in [1.54, 1.807) is 13.2 Å². The van der Waals surface area contributed by atoms with Gasteiger partial charge in [-0.1, -0.05) is 25.1 Å². The van der Waals surface area contributed by atoms with Crippen molar-refractivity contribution in [2.75, 3.05) is 12.4 Å². The van der Waals surface area contributed by atoms with Crippen molar-refractivity contribution in [3.63, 3.8) is 0 Å². The normalized spacial score (nSPS) is 18.1. The highest BCUT2D eigenvalue weighted by molar-refractivity contribution is 6.04. The lowest BCUT2D eigenvalue weighted by atomic mass is 10.1. The van der Waals surface area contributed by atoms with Crippen LogP contribution in [0.25, 0.3) is 0 Å². The van der Waals surface area contributed by atoms with Crippen LogP contribution in [-0.2, 0) is 11.3 Å². The largest absolute Gasteiger partial charge is 0.496 e. The third kappa shape index (κ3) is 4.02. The Morgan fingerprint density at radius 1 is 1.23 bits per heavy atom. The minimum Gasteiger partial charge on any atom is -0.496 e. The predicted octanol–water partition coefficient (Wildman–Crippen LogP) is 3.36. The van der Waals surface area contributed by atoms with Gasteiger partial charge in [0.1, 0.15) is 11.6 Å². The molecule has 2 atom stereocenters. The van der Waals surface area contributed by atoms with E-state index in [0.29, 0.717) is 17.4 Å². The van der Waals surface area contributed by atoms with E-state index in [0.717, 1.165) is 18.1 Å². The molecule has 2 unspecified atom stereocenters. The highest BCUT2D eigenvalue weighted by Gasteiger charge is 2.39. The molecule has 1 fully saturated rings. The summed E-state index contributed by atoms with van der Waals surface area (Å²) in [4.78, 5) is 24.7. The number of rotatable bonds is 6. The van der Waals surface area contributed by atoms with Crippen LogP contribution in [0, 0.1) is 17.7 Å². The molecule has 26 heavy (non-hydrogen) atoms. The first-order valence-corrected chi connectivity index (χ1v) is 8.50. The van der Waals surface area contributed by atoms with E-state index in [2.05, 4.69) is 10.6 Å². The molecule has 136 valence electrons. The number of halogens is 1. The molecule has 0 heterocycles. The van der Waals surface area contributed by atoms with Crippen molar-refractivity contribution in [1.29, 1.82) is 0 Å². The van der Waals surface area contributed by atoms with Gasteiger partial charge in [-0.05, 0) is 36.6 Å². The summed E-state index contributed by atoms with van der Waals surface area (Å²) in [5, 5.41) is 5.49. The molecule has 0 spiro atoms. The maximum Gasteiger partial charge on any atom is 0.253 e. The predicted molar refractivity (Wildman–Crippen MR) is 96.5 cm³/mol. The van der Waals surface area contributed by atoms with Crippen molar-refractivity contribution in [2.24, 2.45) is 11.8 Å². The number of carbonyl (C=O) groups excluding carboxylic acids is 2. The summed E-state index contributed by atoms with van der Waals surface area (Å²) in [6, 6.07) is 11.1. The summed E-state index contributed by atoms with van der Waals surface area (Å²) < 4.78 is 18.9. The van der Waals surface area contributed by atoms with Gasteiger partial charge in [-0.3, -0.25) is 9.59 Å². The SMILES string of the molecule is COc1ccccc1CNC(=O)c1cc(F)ccc1NC(=O)C1CC1C. The van der Waals surface area contributed by atoms with Crippen LogP contribution in [0.2, 0.25) is 0 Å². The summed E-state index contributed by atoms with van der Waals surface area (Å²) >= 11 is 0. The average molecular weight is 356 g/mol. The van der Waals surface area contributed by atoms with Crippen LogP contribution in [0.1, 0.15) is 29.3 Å². The minimum absolute atomic E-state index is 0.0375. The Hall–Kier alpha value is -2.89. The smallest absolute Gasteiger partial charge is 0.253 e. The molecule has 2 aromatic carbocycles. The van der Waals surface area contributed by atoms with Gasteiger partial charge in [-0.2, -0.15) is 0 Å². The monoisotopic (exact) mass is 356 g/mol. The second kappa shape index (κ2) is 7.56. The summed E-state index contributed by atoms with van der Waals surface area (Å²) in [7, 11) is 1.56. The zero-order valence-electron chi connectivity index (χ0n) is 14.7. The first kappa shape index (κ1) is 17.9. The van der Waals surface area contributed by atoms with Crippen molar-refractivity contribution in [3.05, 3.63) is 59.4 Å². The van der Waals surface area contributed by atoms with Crippen molar-refractivity contribution >= 4 is 17.5 Å². The van der Waals surface area contributed by atoms with E-state index in [-0.39, 0.29) is 23.9 Å². The molecule has 2 aromatic rings. The van der Waals surface area contributed by atoms with Gasteiger partial charge in [-0.25, -0.2) is 4.39 Å². The maximum atomic E-state index is 13.6. The van der Waals surface area contributed by atoms with E-state index in [9.17, 15) is 14.0 Å². The number of hydrogen-bond acceptors (Lipinski definition) is 3. The van der Waals surface area contributed by atoms with Gasteiger partial charge in [0, 0.05) is 18.0 Å². The molecular weight excluding hydrogens is 335 g/mol. The number of anilines is 1. The lowest BCUT2D eigenvalue weighted by Crippen LogP contribution is -2.25. The Labute approximate surface area is 151 Å². The lowest BCUT2D eigenvalue weighted by Gasteiger charge is -2.13. The van der Waals surface area contributed by atoms with Crippen LogP contribution in [0.4, 0.5) is 10.1 Å². The zero-order chi connectivity index (χ0) is 18.7. The molecule has 2 N–H and O–H groups in total. The number of hydrogen-bond donors (Lipinski definition) is 2. The first-order valence-electron chi connectivity index (χ1n) is 8.50. The second-order valence-electron chi connectivity index (χ2n) is 6.49. The number of amides is 2. The topological polar surface area (TPSA) is 67.4 Å². The number of para-hydroxylation sites is 1. The van der Waals surface area contributed by atoms with Gasteiger partial charge in [0.15, 0.2) is 0 Å². The van der Waals surface area contributed by atoms with Crippen LogP contribution in [0.5, 0.6) is 5.75 Å². The summed E-state index contributed by atoms with van der Waals surface area (Å²) in [5.41, 5.74) is 1.21. The number of nitrogens with one attached hydrogen (secondary N) is 2. The van der Waals surface area contributed by atoms with Crippen LogP contribution in [-0.4, -0.2) is 18.9 Å². The highest BCUT2D eigenvalue weighted by atomic mass is 19.1. The maximum absolute atomic E-state index is 13.6. The second-order valence-corrected chi connectivity index (χ2v) is 6.49. The number of ether oxygens (including phenoxy) is 1. The van der Waals surface area contributed by atoms with Gasteiger partial charge >= 0.3 is 0 Å². The zero-order valence-corrected chi connectivity index (χ0v) is 14.7. The summed E-state index contributed by atoms with van der Waals surface area (Å²) in [5.74, 6) is -0.172. The molecule has 5 nitrogen and oxygen atoms in total. The van der Waals surface area contributed by atoms with Crippen molar-refractivity contribution in [2.45, 2.75) is 19.9 Å². The van der Waals surface area contributed by atoms with E-state index in [4.69, 9.17) is 4.74 Å². The van der Waals surface area contributed by atoms with Crippen LogP contribution in [0.3, 0.4) is 0 Å². The van der Waals surface area contributed by atoms with E-state index in [1.165, 1.54) is 12.1 Å². The quantitative estimate of drug-likeness (QED) is 0.834. The number of benzene rings is 2. The Bertz CT molecular complexity index is 838. The fourth-order valence-electron chi connectivity index (χ4n) is 2.85. The third-order valence-electron chi connectivity index (χ3n) is 4.56. The van der Waals surface area contributed by atoms with Gasteiger partial charge < -0.3 is 15.4 Å². The lowest BCUT2D eigenvalue weighted by molar-refractivity contribution is -0.117. The molecule has 0 saturated heterocycles. The molecule has 1 saturated carbocycles. The minimum atomic E-state index is -0.537. The Morgan fingerprint density at radius 2 is 1.96 bits per heavy atom. The molecule has 1 aliphatic carbocycles. The van der Waals surface area contributed by atoms with Crippen LogP contribution >= 0.6 is 0 Å². The Balaban J connectivity index is 1.73. The van der Waals surface area contributed by atoms with Gasteiger partial charge in [-0.15, -0.1) is 0 Å². The third-order valence-corrected chi connectivity index (χ3v) is 4.56. The van der Waals surface area contributed by atoms with Crippen molar-refractivity contribution < 1.29 is 18.7 Å². The van der Waals surface area contributed by atoms with E-state index < -0.39 is 11.7 Å². The standard InChI is InChI=1S/C20H21FN2O3/c1-12-9-15(12)20(25)23-17-8-7-14(21)10-16(17)19(24)22-11-13-5-3-4-6-18(13)26-2/h3-8,10,12,15H,9,11H2,1-2H3,(H,22,24)(H,23,25). The molecule has 6 heteroatoms.